The summed E-state index contributed by atoms with van der Waals surface area (Å²) in [6.45, 7) is 10.1. The van der Waals surface area contributed by atoms with Crippen LogP contribution in [0.15, 0.2) is 6.33 Å². The van der Waals surface area contributed by atoms with E-state index in [9.17, 15) is 19.3 Å². The first kappa shape index (κ1) is 34.9. The van der Waals surface area contributed by atoms with E-state index < -0.39 is 68.2 Å². The maximum Gasteiger partial charge on any atom is 0.409 e. The third-order valence-corrected chi connectivity index (χ3v) is 8.32. The highest BCUT2D eigenvalue weighted by Crippen LogP contribution is 2.49. The van der Waals surface area contributed by atoms with E-state index in [-0.39, 0.29) is 29.6 Å². The molecule has 1 aliphatic heterocycles. The summed E-state index contributed by atoms with van der Waals surface area (Å²) in [5, 5.41) is 12.6. The second-order valence-electron chi connectivity index (χ2n) is 9.87. The molecule has 242 valence electrons. The number of halogens is 1. The van der Waals surface area contributed by atoms with Gasteiger partial charge in [-0.15, -0.1) is 0 Å². The summed E-state index contributed by atoms with van der Waals surface area (Å²) in [6, 6.07) is -1.20. The zero-order valence-corrected chi connectivity index (χ0v) is 26.6. The Morgan fingerprint density at radius 3 is 2.60 bits per heavy atom. The number of imidazole rings is 1. The lowest BCUT2D eigenvalue weighted by molar-refractivity contribution is -0.149. The number of thioether (sulfide) groups is 1. The Bertz CT molecular complexity index is 1330. The van der Waals surface area contributed by atoms with Gasteiger partial charge in [-0.1, -0.05) is 6.92 Å². The number of aliphatic hydroxyl groups excluding tert-OH is 1. The molecule has 0 amide bonds. The monoisotopic (exact) mass is 652 g/mol. The van der Waals surface area contributed by atoms with Crippen LogP contribution in [0.1, 0.15) is 54.7 Å². The molecular formula is C24H38FN6O10PS. The average Bonchev–Trinajstić information content (AvgIpc) is 3.40. The lowest BCUT2D eigenvalue weighted by atomic mass is 9.98. The molecule has 2 aromatic rings. The van der Waals surface area contributed by atoms with Crippen molar-refractivity contribution in [1.29, 1.82) is 0 Å². The van der Waals surface area contributed by atoms with Gasteiger partial charge in [-0.05, 0) is 53.3 Å². The molecule has 1 fully saturated rings. The Labute approximate surface area is 252 Å². The molecule has 0 radical (unpaired) electrons. The molecule has 0 saturated carbocycles. The Morgan fingerprint density at radius 2 is 1.98 bits per heavy atom. The largest absolute Gasteiger partial charge is 0.476 e. The number of nitrogen functional groups attached to an aromatic ring is 1. The van der Waals surface area contributed by atoms with Gasteiger partial charge in [0.2, 0.25) is 18.1 Å². The maximum atomic E-state index is 16.0. The van der Waals surface area contributed by atoms with Crippen LogP contribution in [0.25, 0.3) is 11.2 Å². The number of hydrogen-bond donors (Lipinski definition) is 3. The van der Waals surface area contributed by atoms with Crippen molar-refractivity contribution < 1.29 is 51.6 Å². The lowest BCUT2D eigenvalue weighted by Crippen LogP contribution is -2.41. The summed E-state index contributed by atoms with van der Waals surface area (Å²) in [6.07, 6.45) is -5.28. The Balaban J connectivity index is 1.83. The number of esters is 1. The zero-order chi connectivity index (χ0) is 32.1. The van der Waals surface area contributed by atoms with Crippen molar-refractivity contribution in [3.05, 3.63) is 6.33 Å². The number of aliphatic hydroxyl groups is 1. The molecule has 3 rings (SSSR count). The number of aromatic nitrogens is 4. The molecule has 0 aromatic carbocycles. The molecule has 19 heteroatoms. The van der Waals surface area contributed by atoms with Crippen molar-refractivity contribution in [2.45, 2.75) is 91.0 Å². The smallest absolute Gasteiger partial charge is 0.409 e. The number of hydrogen-bond acceptors (Lipinski definition) is 15. The number of nitrogens with zero attached hydrogens (tertiary/aromatic N) is 4. The third-order valence-electron chi connectivity index (χ3n) is 5.93. The minimum absolute atomic E-state index is 0.0872. The van der Waals surface area contributed by atoms with Gasteiger partial charge in [-0.25, -0.2) is 23.8 Å². The van der Waals surface area contributed by atoms with E-state index in [1.807, 2.05) is 0 Å². The van der Waals surface area contributed by atoms with Crippen molar-refractivity contribution in [3.63, 3.8) is 0 Å². The van der Waals surface area contributed by atoms with E-state index in [0.29, 0.717) is 5.75 Å². The lowest BCUT2D eigenvalue weighted by Gasteiger charge is -2.27. The summed E-state index contributed by atoms with van der Waals surface area (Å²) in [4.78, 5) is 36.6. The highest BCUT2D eigenvalue weighted by Gasteiger charge is 2.56. The predicted octanol–water partition coefficient (Wildman–Crippen LogP) is 3.10. The standard InChI is InChI=1S/C24H38FN6O10PS/c1-8-36-19-16-18(28-22(26)29-19)31(11-27-16)21-24(7,25)17(32)15(40-21)10-37-42(35,30-13(5)20(33)38-12(3)4)41-14(6)39-23(34)43-9-2/h11-15,17,21,32H,8-10H2,1-7H3,(H,30,35)(H2,26,28,29). The molecule has 1 aliphatic rings. The number of carbonyl (C=O) groups excluding carboxylic acids is 2. The van der Waals surface area contributed by atoms with Gasteiger partial charge in [0.1, 0.15) is 18.2 Å². The van der Waals surface area contributed by atoms with Gasteiger partial charge in [0, 0.05) is 5.75 Å². The number of alkyl halides is 1. The molecule has 1 saturated heterocycles. The number of anilines is 1. The van der Waals surface area contributed by atoms with E-state index >= 15 is 4.39 Å². The van der Waals surface area contributed by atoms with Crippen LogP contribution in [0, 0.1) is 0 Å². The molecule has 43 heavy (non-hydrogen) atoms. The van der Waals surface area contributed by atoms with Gasteiger partial charge in [-0.2, -0.15) is 9.97 Å². The quantitative estimate of drug-likeness (QED) is 0.152. The third kappa shape index (κ3) is 8.53. The summed E-state index contributed by atoms with van der Waals surface area (Å²) < 4.78 is 63.4. The van der Waals surface area contributed by atoms with Gasteiger partial charge >= 0.3 is 19.0 Å². The Morgan fingerprint density at radius 1 is 1.28 bits per heavy atom. The SMILES string of the molecule is CCOc1nc(N)nc2c1ncn2C1OC(COP(=O)(NC(C)C(=O)OC(C)C)OC(C)OC(=O)SCC)C(O)C1(C)F. The molecule has 7 atom stereocenters. The van der Waals surface area contributed by atoms with Crippen LogP contribution in [0.4, 0.5) is 15.1 Å². The summed E-state index contributed by atoms with van der Waals surface area (Å²) in [5.41, 5.74) is 3.66. The summed E-state index contributed by atoms with van der Waals surface area (Å²) in [5.74, 6) is -0.405. The van der Waals surface area contributed by atoms with Crippen molar-refractivity contribution in [2.75, 3.05) is 24.7 Å². The second kappa shape index (κ2) is 14.5. The van der Waals surface area contributed by atoms with Crippen molar-refractivity contribution in [3.8, 4) is 5.88 Å². The van der Waals surface area contributed by atoms with E-state index in [4.69, 9.17) is 33.7 Å². The van der Waals surface area contributed by atoms with Gasteiger partial charge in [-0.3, -0.25) is 18.4 Å². The fourth-order valence-electron chi connectivity index (χ4n) is 4.06. The molecule has 2 aromatic heterocycles. The van der Waals surface area contributed by atoms with E-state index in [1.54, 1.807) is 27.7 Å². The molecule has 4 N–H and O–H groups in total. The van der Waals surface area contributed by atoms with Crippen molar-refractivity contribution in [1.82, 2.24) is 24.6 Å². The normalized spacial score (nSPS) is 24.9. The zero-order valence-electron chi connectivity index (χ0n) is 24.9. The number of nitrogens with one attached hydrogen (secondary N) is 1. The van der Waals surface area contributed by atoms with Crippen molar-refractivity contribution >= 4 is 47.9 Å². The first-order chi connectivity index (χ1) is 20.1. The van der Waals surface area contributed by atoms with E-state index in [2.05, 4.69) is 20.0 Å². The van der Waals surface area contributed by atoms with Gasteiger partial charge in [0.05, 0.1) is 25.6 Å². The fourth-order valence-corrected chi connectivity index (χ4v) is 6.06. The van der Waals surface area contributed by atoms with E-state index in [0.717, 1.165) is 18.7 Å². The summed E-state index contributed by atoms with van der Waals surface area (Å²) >= 11 is 0.856. The summed E-state index contributed by atoms with van der Waals surface area (Å²) in [7, 11) is -4.49. The minimum atomic E-state index is -4.49. The van der Waals surface area contributed by atoms with Crippen molar-refractivity contribution in [2.24, 2.45) is 0 Å². The molecule has 0 bridgehead atoms. The van der Waals surface area contributed by atoms with Crippen LogP contribution in [-0.4, -0.2) is 91.2 Å². The molecule has 3 heterocycles. The van der Waals surface area contributed by atoms with Gasteiger partial charge in [0.15, 0.2) is 23.1 Å². The minimum Gasteiger partial charge on any atom is -0.476 e. The van der Waals surface area contributed by atoms with Crippen LogP contribution in [0.2, 0.25) is 0 Å². The number of nitrogens with two attached hydrogens (primary N) is 1. The highest BCUT2D eigenvalue weighted by atomic mass is 32.2. The van der Waals surface area contributed by atoms with Crippen LogP contribution < -0.4 is 15.6 Å². The number of fused-ring (bicyclic) bond motifs is 1. The maximum absolute atomic E-state index is 16.0. The van der Waals surface area contributed by atoms with E-state index in [1.165, 1.54) is 24.7 Å². The number of ether oxygens (including phenoxy) is 4. The highest BCUT2D eigenvalue weighted by molar-refractivity contribution is 8.13. The van der Waals surface area contributed by atoms with Crippen LogP contribution in [-0.2, 0) is 32.6 Å². The Kier molecular flexibility index (Phi) is 11.7. The molecular weight excluding hydrogens is 614 g/mol. The number of carbonyl (C=O) groups is 2. The molecule has 16 nitrogen and oxygen atoms in total. The topological polar surface area (TPSA) is 208 Å². The van der Waals surface area contributed by atoms with Crippen LogP contribution in [0.5, 0.6) is 5.88 Å². The first-order valence-corrected chi connectivity index (χ1v) is 16.0. The van der Waals surface area contributed by atoms with Crippen LogP contribution in [0.3, 0.4) is 0 Å². The molecule has 0 spiro atoms. The molecule has 0 aliphatic carbocycles. The number of rotatable bonds is 14. The van der Waals surface area contributed by atoms with Gasteiger partial charge in [0.25, 0.3) is 0 Å². The van der Waals surface area contributed by atoms with Crippen LogP contribution >= 0.6 is 19.5 Å². The average molecular weight is 653 g/mol. The Hall–Kier alpha value is -2.60. The van der Waals surface area contributed by atoms with Gasteiger partial charge < -0.3 is 29.8 Å². The molecule has 7 unspecified atom stereocenters. The first-order valence-electron chi connectivity index (χ1n) is 13.5. The second-order valence-corrected chi connectivity index (χ2v) is 12.8. The fraction of sp³-hybridized carbons (Fsp3) is 0.708. The predicted molar refractivity (Wildman–Crippen MR) is 153 cm³/mol.